The minimum atomic E-state index is 0.623. The second kappa shape index (κ2) is 12.9. The molecular formula is C19H38N4. The molecule has 2 atom stereocenters. The monoisotopic (exact) mass is 322 g/mol. The average molecular weight is 323 g/mol. The van der Waals surface area contributed by atoms with Gasteiger partial charge in [-0.05, 0) is 57.5 Å². The van der Waals surface area contributed by atoms with Gasteiger partial charge in [0.15, 0.2) is 0 Å². The van der Waals surface area contributed by atoms with Crippen LogP contribution in [0.1, 0.15) is 51.4 Å². The molecular weight excluding hydrogens is 284 g/mol. The number of allylic oxidation sites excluding steroid dienone is 2. The van der Waals surface area contributed by atoms with E-state index in [9.17, 15) is 0 Å². The maximum Gasteiger partial charge on any atom is 0.0193 e. The molecule has 0 aromatic carbocycles. The zero-order valence-corrected chi connectivity index (χ0v) is 14.9. The van der Waals surface area contributed by atoms with Gasteiger partial charge in [0.1, 0.15) is 0 Å². The summed E-state index contributed by atoms with van der Waals surface area (Å²) in [4.78, 5) is 0. The molecule has 0 spiro atoms. The Morgan fingerprint density at radius 1 is 0.652 bits per heavy atom. The van der Waals surface area contributed by atoms with E-state index >= 15 is 0 Å². The fourth-order valence-corrected chi connectivity index (χ4v) is 3.58. The standard InChI is InChI=1S/C19H38N4/c1-2-4-7-18-8-6-11-20-13-14-22-17-19(9-5-3-1)23-16-15-21-12-10-18/h4,7,18-23H,1-3,5-6,8-17H2. The normalized spacial score (nSPS) is 30.6. The molecule has 0 aliphatic carbocycles. The van der Waals surface area contributed by atoms with Crippen LogP contribution in [0.25, 0.3) is 0 Å². The van der Waals surface area contributed by atoms with E-state index in [0.717, 1.165) is 51.7 Å². The Morgan fingerprint density at radius 2 is 1.52 bits per heavy atom. The third-order valence-electron chi connectivity index (χ3n) is 5.06. The van der Waals surface area contributed by atoms with Crippen molar-refractivity contribution < 1.29 is 0 Å². The minimum absolute atomic E-state index is 0.623. The summed E-state index contributed by atoms with van der Waals surface area (Å²) in [6.45, 7) is 7.76. The topological polar surface area (TPSA) is 48.1 Å². The molecule has 1 saturated heterocycles. The van der Waals surface area contributed by atoms with Crippen molar-refractivity contribution in [1.82, 2.24) is 21.3 Å². The van der Waals surface area contributed by atoms with Gasteiger partial charge in [0.25, 0.3) is 0 Å². The van der Waals surface area contributed by atoms with Crippen LogP contribution in [-0.4, -0.2) is 51.9 Å². The summed E-state index contributed by atoms with van der Waals surface area (Å²) in [5, 5.41) is 14.6. The van der Waals surface area contributed by atoms with Crippen LogP contribution in [0.15, 0.2) is 12.2 Å². The Kier molecular flexibility index (Phi) is 10.6. The minimum Gasteiger partial charge on any atom is -0.315 e. The molecule has 4 nitrogen and oxygen atoms in total. The van der Waals surface area contributed by atoms with E-state index in [0.29, 0.717) is 6.04 Å². The van der Waals surface area contributed by atoms with Crippen LogP contribution in [-0.2, 0) is 0 Å². The maximum absolute atomic E-state index is 3.74. The highest BCUT2D eigenvalue weighted by atomic mass is 15.0. The van der Waals surface area contributed by atoms with E-state index in [2.05, 4.69) is 33.4 Å². The van der Waals surface area contributed by atoms with Crippen molar-refractivity contribution in [1.29, 1.82) is 0 Å². The molecule has 2 aliphatic heterocycles. The quantitative estimate of drug-likeness (QED) is 0.516. The Balaban J connectivity index is 1.92. The predicted molar refractivity (Wildman–Crippen MR) is 100.0 cm³/mol. The van der Waals surface area contributed by atoms with E-state index in [4.69, 9.17) is 0 Å². The molecule has 4 heteroatoms. The highest BCUT2D eigenvalue weighted by Crippen LogP contribution is 2.14. The molecule has 0 saturated carbocycles. The van der Waals surface area contributed by atoms with E-state index < -0.39 is 0 Å². The SMILES string of the molecule is C1=CC2CCCNCCNCC(CCCCC1)NCCNCC2. The lowest BCUT2D eigenvalue weighted by atomic mass is 9.98. The first kappa shape index (κ1) is 18.9. The summed E-state index contributed by atoms with van der Waals surface area (Å²) in [7, 11) is 0. The van der Waals surface area contributed by atoms with E-state index in [1.807, 2.05) is 0 Å². The van der Waals surface area contributed by atoms with Crippen LogP contribution in [0.5, 0.6) is 0 Å². The molecule has 2 rings (SSSR count). The van der Waals surface area contributed by atoms with Gasteiger partial charge in [0.05, 0.1) is 0 Å². The molecule has 0 amide bonds. The second-order valence-electron chi connectivity index (χ2n) is 7.11. The lowest BCUT2D eigenvalue weighted by Crippen LogP contribution is -2.43. The molecule has 0 radical (unpaired) electrons. The second-order valence-corrected chi connectivity index (χ2v) is 7.11. The van der Waals surface area contributed by atoms with Gasteiger partial charge in [-0.3, -0.25) is 0 Å². The molecule has 2 aliphatic rings. The van der Waals surface area contributed by atoms with E-state index in [1.54, 1.807) is 0 Å². The summed E-state index contributed by atoms with van der Waals surface area (Å²) < 4.78 is 0. The third kappa shape index (κ3) is 9.46. The van der Waals surface area contributed by atoms with Gasteiger partial charge in [-0.15, -0.1) is 0 Å². The van der Waals surface area contributed by atoms with E-state index in [1.165, 1.54) is 51.4 Å². The van der Waals surface area contributed by atoms with Gasteiger partial charge in [0.2, 0.25) is 0 Å². The molecule has 4 N–H and O–H groups in total. The molecule has 23 heavy (non-hydrogen) atoms. The van der Waals surface area contributed by atoms with Gasteiger partial charge < -0.3 is 21.3 Å². The highest BCUT2D eigenvalue weighted by Gasteiger charge is 2.09. The number of nitrogens with one attached hydrogen (secondary N) is 4. The van der Waals surface area contributed by atoms with Crippen LogP contribution >= 0.6 is 0 Å². The Labute approximate surface area is 143 Å². The van der Waals surface area contributed by atoms with Gasteiger partial charge >= 0.3 is 0 Å². The Hall–Kier alpha value is -0.420. The van der Waals surface area contributed by atoms with Gasteiger partial charge in [-0.1, -0.05) is 25.0 Å². The first-order chi connectivity index (χ1) is 11.4. The van der Waals surface area contributed by atoms with Gasteiger partial charge in [-0.25, -0.2) is 0 Å². The molecule has 2 heterocycles. The largest absolute Gasteiger partial charge is 0.315 e. The summed E-state index contributed by atoms with van der Waals surface area (Å²) in [6, 6.07) is 0.623. The summed E-state index contributed by atoms with van der Waals surface area (Å²) in [6.07, 6.45) is 15.5. The summed E-state index contributed by atoms with van der Waals surface area (Å²) in [5.41, 5.74) is 0. The van der Waals surface area contributed by atoms with Gasteiger partial charge in [0, 0.05) is 38.8 Å². The van der Waals surface area contributed by atoms with Crippen LogP contribution < -0.4 is 21.3 Å². The molecule has 0 aromatic rings. The molecule has 0 aromatic heterocycles. The third-order valence-corrected chi connectivity index (χ3v) is 5.06. The first-order valence-corrected chi connectivity index (χ1v) is 9.97. The van der Waals surface area contributed by atoms with Crippen molar-refractivity contribution in [2.75, 3.05) is 45.8 Å². The zero-order valence-electron chi connectivity index (χ0n) is 14.9. The molecule has 1 fully saturated rings. The smallest absolute Gasteiger partial charge is 0.0193 e. The van der Waals surface area contributed by atoms with Crippen LogP contribution in [0, 0.1) is 5.92 Å². The van der Waals surface area contributed by atoms with E-state index in [-0.39, 0.29) is 0 Å². The number of hydrogen-bond acceptors (Lipinski definition) is 4. The Bertz CT molecular complexity index is 306. The predicted octanol–water partition coefficient (Wildman–Crippen LogP) is 2.03. The van der Waals surface area contributed by atoms with Crippen LogP contribution in [0.2, 0.25) is 0 Å². The number of hydrogen-bond donors (Lipinski definition) is 4. The van der Waals surface area contributed by atoms with Crippen LogP contribution in [0.3, 0.4) is 0 Å². The summed E-state index contributed by atoms with van der Waals surface area (Å²) in [5.74, 6) is 0.751. The van der Waals surface area contributed by atoms with Gasteiger partial charge in [-0.2, -0.15) is 0 Å². The number of rotatable bonds is 0. The van der Waals surface area contributed by atoms with Crippen molar-refractivity contribution in [3.05, 3.63) is 12.2 Å². The fourth-order valence-electron chi connectivity index (χ4n) is 3.58. The van der Waals surface area contributed by atoms with Crippen molar-refractivity contribution in [2.45, 2.75) is 57.4 Å². The molecule has 2 unspecified atom stereocenters. The maximum atomic E-state index is 3.74. The Morgan fingerprint density at radius 3 is 2.52 bits per heavy atom. The lowest BCUT2D eigenvalue weighted by Gasteiger charge is -2.20. The molecule has 2 bridgehead atoms. The lowest BCUT2D eigenvalue weighted by molar-refractivity contribution is 0.418. The summed E-state index contributed by atoms with van der Waals surface area (Å²) >= 11 is 0. The van der Waals surface area contributed by atoms with Crippen molar-refractivity contribution in [2.24, 2.45) is 5.92 Å². The van der Waals surface area contributed by atoms with Crippen molar-refractivity contribution in [3.8, 4) is 0 Å². The zero-order chi connectivity index (χ0) is 16.0. The average Bonchev–Trinajstić information content (AvgIpc) is 2.56. The number of fused-ring (bicyclic) bond motifs is 7. The van der Waals surface area contributed by atoms with Crippen LogP contribution in [0.4, 0.5) is 0 Å². The molecule has 134 valence electrons. The highest BCUT2D eigenvalue weighted by molar-refractivity contribution is 4.89. The fraction of sp³-hybridized carbons (Fsp3) is 0.895. The van der Waals surface area contributed by atoms with Crippen molar-refractivity contribution in [3.63, 3.8) is 0 Å². The first-order valence-electron chi connectivity index (χ1n) is 9.97. The van der Waals surface area contributed by atoms with Crippen molar-refractivity contribution >= 4 is 0 Å².